The van der Waals surface area contributed by atoms with Crippen LogP contribution in [0.25, 0.3) is 0 Å². The lowest BCUT2D eigenvalue weighted by molar-refractivity contribution is 0.725. The number of anilines is 1. The molecule has 0 amide bonds. The molecule has 0 aliphatic heterocycles. The Morgan fingerprint density at radius 2 is 2.18 bits per heavy atom. The van der Waals surface area contributed by atoms with Crippen molar-refractivity contribution in [2.75, 3.05) is 18.5 Å². The monoisotopic (exact) mass is 231 g/mol. The molecule has 2 rings (SSSR count). The van der Waals surface area contributed by atoms with Crippen molar-refractivity contribution in [1.82, 2.24) is 0 Å². The van der Waals surface area contributed by atoms with Gasteiger partial charge in [0.05, 0.1) is 0 Å². The summed E-state index contributed by atoms with van der Waals surface area (Å²) in [6, 6.07) is 6.07. The Bertz CT molecular complexity index is 439. The fraction of sp³-hybridized carbons (Fsp3) is 0.500. The molecule has 0 heterocycles. The van der Waals surface area contributed by atoms with Crippen molar-refractivity contribution in [2.24, 2.45) is 17.6 Å². The van der Waals surface area contributed by atoms with Crippen LogP contribution in [-0.4, -0.2) is 19.4 Å². The molecule has 3 nitrogen and oxygen atoms in total. The van der Waals surface area contributed by atoms with Crippen molar-refractivity contribution in [3.05, 3.63) is 29.3 Å². The third-order valence-corrected chi connectivity index (χ3v) is 3.64. The summed E-state index contributed by atoms with van der Waals surface area (Å²) >= 11 is 0. The van der Waals surface area contributed by atoms with Gasteiger partial charge in [0.15, 0.2) is 0 Å². The maximum absolute atomic E-state index is 7.63. The summed E-state index contributed by atoms with van der Waals surface area (Å²) in [6.45, 7) is 5.42. The van der Waals surface area contributed by atoms with Crippen LogP contribution >= 0.6 is 0 Å². The minimum absolute atomic E-state index is 0.149. The molecule has 2 unspecified atom stereocenters. The summed E-state index contributed by atoms with van der Waals surface area (Å²) in [5.41, 5.74) is 8.76. The van der Waals surface area contributed by atoms with Crippen molar-refractivity contribution >= 4 is 11.5 Å². The molecule has 3 heteroatoms. The number of nitrogens with one attached hydrogen (secondary N) is 1. The van der Waals surface area contributed by atoms with Gasteiger partial charge in [0.2, 0.25) is 0 Å². The van der Waals surface area contributed by atoms with Gasteiger partial charge in [0.25, 0.3) is 0 Å². The van der Waals surface area contributed by atoms with Crippen LogP contribution in [0.2, 0.25) is 0 Å². The quantitative estimate of drug-likeness (QED) is 0.617. The zero-order valence-electron chi connectivity index (χ0n) is 10.8. The Morgan fingerprint density at radius 3 is 2.71 bits per heavy atom. The normalized spacial score (nSPS) is 22.3. The summed E-state index contributed by atoms with van der Waals surface area (Å²) in [5.74, 6) is 1.80. The van der Waals surface area contributed by atoms with Gasteiger partial charge in [-0.3, -0.25) is 5.41 Å². The standard InChI is InChI=1S/C14H21N3/c1-9-4-5-12(14(15)16)13(6-9)17(3)8-11-7-10(11)2/h4-6,10-11H,7-8H2,1-3H3,(H3,15,16). The second kappa shape index (κ2) is 4.40. The van der Waals surface area contributed by atoms with E-state index >= 15 is 0 Å². The van der Waals surface area contributed by atoms with E-state index in [1.165, 1.54) is 12.0 Å². The molecule has 1 aromatic rings. The summed E-state index contributed by atoms with van der Waals surface area (Å²) in [6.07, 6.45) is 1.32. The predicted octanol–water partition coefficient (Wildman–Crippen LogP) is 2.37. The van der Waals surface area contributed by atoms with E-state index in [2.05, 4.69) is 31.9 Å². The van der Waals surface area contributed by atoms with Crippen LogP contribution in [0.1, 0.15) is 24.5 Å². The van der Waals surface area contributed by atoms with Crippen LogP contribution in [0.5, 0.6) is 0 Å². The van der Waals surface area contributed by atoms with Crippen LogP contribution in [-0.2, 0) is 0 Å². The highest BCUT2D eigenvalue weighted by Gasteiger charge is 2.33. The highest BCUT2D eigenvalue weighted by Crippen LogP contribution is 2.39. The smallest absolute Gasteiger partial charge is 0.124 e. The third-order valence-electron chi connectivity index (χ3n) is 3.64. The highest BCUT2D eigenvalue weighted by atomic mass is 15.1. The van der Waals surface area contributed by atoms with Crippen molar-refractivity contribution in [3.8, 4) is 0 Å². The van der Waals surface area contributed by atoms with Gasteiger partial charge in [0.1, 0.15) is 5.84 Å². The lowest BCUT2D eigenvalue weighted by Crippen LogP contribution is -2.24. The number of aryl methyl sites for hydroxylation is 1. The molecule has 1 aromatic carbocycles. The minimum Gasteiger partial charge on any atom is -0.384 e. The first-order chi connectivity index (χ1) is 7.99. The lowest BCUT2D eigenvalue weighted by Gasteiger charge is -2.22. The highest BCUT2D eigenvalue weighted by molar-refractivity contribution is 6.00. The summed E-state index contributed by atoms with van der Waals surface area (Å²) in [4.78, 5) is 2.23. The second-order valence-corrected chi connectivity index (χ2v) is 5.29. The zero-order valence-corrected chi connectivity index (χ0v) is 10.8. The third kappa shape index (κ3) is 2.60. The van der Waals surface area contributed by atoms with Gasteiger partial charge in [-0.1, -0.05) is 13.0 Å². The molecule has 1 fully saturated rings. The minimum atomic E-state index is 0.149. The fourth-order valence-corrected chi connectivity index (χ4v) is 2.29. The van der Waals surface area contributed by atoms with Crippen LogP contribution < -0.4 is 10.6 Å². The number of nitrogens with two attached hydrogens (primary N) is 1. The Morgan fingerprint density at radius 1 is 1.53 bits per heavy atom. The molecule has 0 aromatic heterocycles. The number of hydrogen-bond acceptors (Lipinski definition) is 2. The van der Waals surface area contributed by atoms with Gasteiger partial charge in [-0.05, 0) is 42.9 Å². The van der Waals surface area contributed by atoms with E-state index in [4.69, 9.17) is 11.1 Å². The van der Waals surface area contributed by atoms with E-state index in [0.717, 1.165) is 29.6 Å². The summed E-state index contributed by atoms with van der Waals surface area (Å²) in [7, 11) is 2.09. The summed E-state index contributed by atoms with van der Waals surface area (Å²) in [5, 5.41) is 7.63. The van der Waals surface area contributed by atoms with Crippen LogP contribution in [0.3, 0.4) is 0 Å². The topological polar surface area (TPSA) is 53.1 Å². The van der Waals surface area contributed by atoms with E-state index in [0.29, 0.717) is 0 Å². The Balaban J connectivity index is 2.22. The lowest BCUT2D eigenvalue weighted by atomic mass is 10.1. The van der Waals surface area contributed by atoms with Crippen molar-refractivity contribution < 1.29 is 0 Å². The molecule has 92 valence electrons. The van der Waals surface area contributed by atoms with Crippen molar-refractivity contribution in [3.63, 3.8) is 0 Å². The van der Waals surface area contributed by atoms with Gasteiger partial charge >= 0.3 is 0 Å². The van der Waals surface area contributed by atoms with Crippen LogP contribution in [0.15, 0.2) is 18.2 Å². The SMILES string of the molecule is Cc1ccc(C(=N)N)c(N(C)CC2CC2C)c1. The van der Waals surface area contributed by atoms with Gasteiger partial charge in [-0.2, -0.15) is 0 Å². The Labute approximate surface area is 103 Å². The molecule has 1 aliphatic rings. The number of amidine groups is 1. The second-order valence-electron chi connectivity index (χ2n) is 5.29. The number of benzene rings is 1. The number of rotatable bonds is 4. The number of hydrogen-bond donors (Lipinski definition) is 2. The van der Waals surface area contributed by atoms with E-state index in [-0.39, 0.29) is 5.84 Å². The van der Waals surface area contributed by atoms with E-state index in [1.54, 1.807) is 0 Å². The van der Waals surface area contributed by atoms with Gasteiger partial charge in [-0.25, -0.2) is 0 Å². The average molecular weight is 231 g/mol. The molecular weight excluding hydrogens is 210 g/mol. The molecule has 0 saturated heterocycles. The Kier molecular flexibility index (Phi) is 3.09. The zero-order chi connectivity index (χ0) is 12.6. The predicted molar refractivity (Wildman–Crippen MR) is 72.7 cm³/mol. The molecular formula is C14H21N3. The molecule has 0 spiro atoms. The van der Waals surface area contributed by atoms with Gasteiger partial charge in [0, 0.05) is 24.8 Å². The molecule has 1 saturated carbocycles. The maximum Gasteiger partial charge on any atom is 0.124 e. The van der Waals surface area contributed by atoms with Crippen LogP contribution in [0, 0.1) is 24.2 Å². The molecule has 17 heavy (non-hydrogen) atoms. The maximum atomic E-state index is 7.63. The largest absolute Gasteiger partial charge is 0.384 e. The van der Waals surface area contributed by atoms with E-state index in [1.807, 2.05) is 12.1 Å². The molecule has 1 aliphatic carbocycles. The first kappa shape index (κ1) is 12.0. The summed E-state index contributed by atoms with van der Waals surface area (Å²) < 4.78 is 0. The van der Waals surface area contributed by atoms with Gasteiger partial charge < -0.3 is 10.6 Å². The fourth-order valence-electron chi connectivity index (χ4n) is 2.29. The first-order valence-electron chi connectivity index (χ1n) is 6.15. The van der Waals surface area contributed by atoms with E-state index in [9.17, 15) is 0 Å². The van der Waals surface area contributed by atoms with Gasteiger partial charge in [-0.15, -0.1) is 0 Å². The van der Waals surface area contributed by atoms with E-state index < -0.39 is 0 Å². The molecule has 3 N–H and O–H groups in total. The molecule has 0 bridgehead atoms. The number of nitrogens with zero attached hydrogens (tertiary/aromatic N) is 1. The average Bonchev–Trinajstić information content (AvgIpc) is 2.93. The van der Waals surface area contributed by atoms with Crippen molar-refractivity contribution in [1.29, 1.82) is 5.41 Å². The van der Waals surface area contributed by atoms with Crippen molar-refractivity contribution in [2.45, 2.75) is 20.3 Å². The Hall–Kier alpha value is -1.51. The van der Waals surface area contributed by atoms with Crippen LogP contribution in [0.4, 0.5) is 5.69 Å². The molecule has 2 atom stereocenters. The molecule has 0 radical (unpaired) electrons. The first-order valence-corrected chi connectivity index (χ1v) is 6.15. The number of nitrogen functional groups attached to an aromatic ring is 1.